The second-order valence-electron chi connectivity index (χ2n) is 5.84. The average molecular weight is 416 g/mol. The van der Waals surface area contributed by atoms with Crippen LogP contribution in [0.5, 0.6) is 0 Å². The van der Waals surface area contributed by atoms with E-state index in [-0.39, 0.29) is 36.7 Å². The lowest BCUT2D eigenvalue weighted by Crippen LogP contribution is -2.45. The van der Waals surface area contributed by atoms with E-state index in [2.05, 4.69) is 15.2 Å². The molecule has 0 amide bonds. The maximum Gasteiger partial charge on any atom is 0.209 e. The van der Waals surface area contributed by atoms with Gasteiger partial charge in [-0.3, -0.25) is 4.90 Å². The summed E-state index contributed by atoms with van der Waals surface area (Å²) in [5, 5.41) is 5.40. The minimum atomic E-state index is -0.200. The summed E-state index contributed by atoms with van der Waals surface area (Å²) >= 11 is 1.64. The van der Waals surface area contributed by atoms with Crippen LogP contribution in [0.4, 0.5) is 4.39 Å². The van der Waals surface area contributed by atoms with Crippen LogP contribution >= 0.6 is 36.2 Å². The third kappa shape index (κ3) is 4.64. The number of benzene rings is 1. The number of hydrogen-bond donors (Lipinski definition) is 1. The Bertz CT molecular complexity index is 812. The second kappa shape index (κ2) is 9.48. The van der Waals surface area contributed by atoms with Crippen LogP contribution in [0.3, 0.4) is 0 Å². The summed E-state index contributed by atoms with van der Waals surface area (Å²) in [6.45, 7) is 3.19. The number of halogens is 3. The molecule has 1 N–H and O–H groups in total. The van der Waals surface area contributed by atoms with Crippen molar-refractivity contribution in [1.82, 2.24) is 15.2 Å². The molecule has 1 unspecified atom stereocenters. The Hall–Kier alpha value is -1.44. The summed E-state index contributed by atoms with van der Waals surface area (Å²) in [6.07, 6.45) is 1.78. The fourth-order valence-electron chi connectivity index (χ4n) is 3.07. The molecule has 3 aromatic rings. The predicted molar refractivity (Wildman–Crippen MR) is 107 cm³/mol. The molecule has 0 bridgehead atoms. The zero-order valence-electron chi connectivity index (χ0n) is 13.9. The highest BCUT2D eigenvalue weighted by molar-refractivity contribution is 7.13. The van der Waals surface area contributed by atoms with Crippen molar-refractivity contribution in [3.63, 3.8) is 0 Å². The molecule has 1 aromatic carbocycles. The number of oxazole rings is 1. The van der Waals surface area contributed by atoms with Crippen LogP contribution in [0.15, 0.2) is 52.4 Å². The van der Waals surface area contributed by atoms with Gasteiger partial charge in [0, 0.05) is 25.7 Å². The number of piperazine rings is 1. The van der Waals surface area contributed by atoms with Crippen molar-refractivity contribution < 1.29 is 8.81 Å². The van der Waals surface area contributed by atoms with Gasteiger partial charge in [0.1, 0.15) is 5.82 Å². The smallest absolute Gasteiger partial charge is 0.209 e. The van der Waals surface area contributed by atoms with E-state index in [1.54, 1.807) is 29.7 Å². The van der Waals surface area contributed by atoms with Crippen molar-refractivity contribution in [2.45, 2.75) is 12.6 Å². The summed E-state index contributed by atoms with van der Waals surface area (Å²) in [4.78, 5) is 7.78. The van der Waals surface area contributed by atoms with E-state index >= 15 is 0 Å². The summed E-state index contributed by atoms with van der Waals surface area (Å²) in [6, 6.07) is 11.0. The average Bonchev–Trinajstić information content (AvgIpc) is 3.26. The molecule has 2 aromatic heterocycles. The first kappa shape index (κ1) is 20.9. The van der Waals surface area contributed by atoms with Crippen molar-refractivity contribution in [3.8, 4) is 10.6 Å². The van der Waals surface area contributed by atoms with Crippen LogP contribution in [0.2, 0.25) is 0 Å². The molecule has 4 rings (SSSR count). The summed E-state index contributed by atoms with van der Waals surface area (Å²) in [5.41, 5.74) is 0.979. The Morgan fingerprint density at radius 1 is 1.27 bits per heavy atom. The quantitative estimate of drug-likeness (QED) is 0.679. The van der Waals surface area contributed by atoms with Crippen molar-refractivity contribution in [2.75, 3.05) is 19.6 Å². The fourth-order valence-corrected chi connectivity index (χ4v) is 3.74. The molecule has 0 aliphatic carbocycles. The van der Waals surface area contributed by atoms with E-state index < -0.39 is 0 Å². The first-order chi connectivity index (χ1) is 11.8. The molecule has 4 nitrogen and oxygen atoms in total. The highest BCUT2D eigenvalue weighted by Gasteiger charge is 2.25. The maximum atomic E-state index is 13.6. The van der Waals surface area contributed by atoms with Gasteiger partial charge in [-0.25, -0.2) is 9.37 Å². The minimum absolute atomic E-state index is 0. The van der Waals surface area contributed by atoms with Gasteiger partial charge in [0.15, 0.2) is 5.76 Å². The molecule has 8 heteroatoms. The Balaban J connectivity index is 0.00000121. The standard InChI is InChI=1S/C18H18FN3OS.2ClH/c19-14-4-1-3-13(9-14)15-10-20-6-7-22(15)12-18-21-11-16(23-18)17-5-2-8-24-17;;/h1-5,8-9,11,15,20H,6-7,10,12H2;2*1H. The Morgan fingerprint density at radius 2 is 2.15 bits per heavy atom. The van der Waals surface area contributed by atoms with Gasteiger partial charge in [-0.15, -0.1) is 36.2 Å². The van der Waals surface area contributed by atoms with E-state index in [1.807, 2.05) is 23.6 Å². The maximum absolute atomic E-state index is 13.6. The zero-order valence-corrected chi connectivity index (χ0v) is 16.4. The number of rotatable bonds is 4. The van der Waals surface area contributed by atoms with Gasteiger partial charge in [-0.1, -0.05) is 18.2 Å². The number of thiophene rings is 1. The molecule has 0 spiro atoms. The molecule has 1 fully saturated rings. The van der Waals surface area contributed by atoms with Crippen LogP contribution in [-0.2, 0) is 6.54 Å². The largest absolute Gasteiger partial charge is 0.438 e. The lowest BCUT2D eigenvalue weighted by molar-refractivity contribution is 0.140. The third-order valence-corrected chi connectivity index (χ3v) is 5.13. The molecule has 0 radical (unpaired) electrons. The second-order valence-corrected chi connectivity index (χ2v) is 6.79. The molecule has 0 saturated carbocycles. The van der Waals surface area contributed by atoms with Crippen LogP contribution in [0, 0.1) is 5.82 Å². The van der Waals surface area contributed by atoms with Gasteiger partial charge in [0.25, 0.3) is 0 Å². The Morgan fingerprint density at radius 3 is 2.92 bits per heavy atom. The van der Waals surface area contributed by atoms with Crippen molar-refractivity contribution in [2.24, 2.45) is 0 Å². The van der Waals surface area contributed by atoms with Crippen LogP contribution in [0.25, 0.3) is 10.6 Å². The number of nitrogens with one attached hydrogen (secondary N) is 1. The molecular formula is C18H20Cl2FN3OS. The van der Waals surface area contributed by atoms with Crippen molar-refractivity contribution in [1.29, 1.82) is 0 Å². The van der Waals surface area contributed by atoms with E-state index in [0.29, 0.717) is 12.4 Å². The van der Waals surface area contributed by atoms with Gasteiger partial charge in [0.2, 0.25) is 5.89 Å². The van der Waals surface area contributed by atoms with Gasteiger partial charge in [-0.05, 0) is 29.1 Å². The molecule has 140 valence electrons. The Labute approximate surface area is 168 Å². The third-order valence-electron chi connectivity index (χ3n) is 4.24. The first-order valence-electron chi connectivity index (χ1n) is 7.98. The van der Waals surface area contributed by atoms with Gasteiger partial charge < -0.3 is 9.73 Å². The van der Waals surface area contributed by atoms with E-state index in [9.17, 15) is 4.39 Å². The van der Waals surface area contributed by atoms with E-state index in [1.165, 1.54) is 6.07 Å². The predicted octanol–water partition coefficient (Wildman–Crippen LogP) is 4.53. The Kier molecular flexibility index (Phi) is 7.61. The van der Waals surface area contributed by atoms with Crippen LogP contribution in [0.1, 0.15) is 17.5 Å². The molecule has 1 saturated heterocycles. The molecule has 3 heterocycles. The van der Waals surface area contributed by atoms with Crippen molar-refractivity contribution in [3.05, 3.63) is 65.2 Å². The minimum Gasteiger partial charge on any atom is -0.438 e. The molecule has 26 heavy (non-hydrogen) atoms. The lowest BCUT2D eigenvalue weighted by atomic mass is 10.0. The molecule has 1 atom stereocenters. The number of hydrogen-bond acceptors (Lipinski definition) is 5. The van der Waals surface area contributed by atoms with Gasteiger partial charge in [-0.2, -0.15) is 0 Å². The normalized spacial score (nSPS) is 17.3. The molecule has 1 aliphatic rings. The summed E-state index contributed by atoms with van der Waals surface area (Å²) in [5.74, 6) is 1.30. The molecule has 1 aliphatic heterocycles. The summed E-state index contributed by atoms with van der Waals surface area (Å²) in [7, 11) is 0. The highest BCUT2D eigenvalue weighted by atomic mass is 35.5. The van der Waals surface area contributed by atoms with Crippen molar-refractivity contribution >= 4 is 36.2 Å². The van der Waals surface area contributed by atoms with E-state index in [0.717, 1.165) is 35.8 Å². The van der Waals surface area contributed by atoms with Crippen LogP contribution in [-0.4, -0.2) is 29.5 Å². The molecular weight excluding hydrogens is 396 g/mol. The zero-order chi connectivity index (χ0) is 16.4. The van der Waals surface area contributed by atoms with Crippen LogP contribution < -0.4 is 5.32 Å². The fraction of sp³-hybridized carbons (Fsp3) is 0.278. The summed E-state index contributed by atoms with van der Waals surface area (Å²) < 4.78 is 19.5. The SMILES string of the molecule is Cl.Cl.Fc1cccc(C2CNCCN2Cc2ncc(-c3cccs3)o2)c1. The lowest BCUT2D eigenvalue weighted by Gasteiger charge is -2.35. The first-order valence-corrected chi connectivity index (χ1v) is 8.86. The van der Waals surface area contributed by atoms with Gasteiger partial charge in [0.05, 0.1) is 17.6 Å². The number of nitrogens with zero attached hydrogens (tertiary/aromatic N) is 2. The highest BCUT2D eigenvalue weighted by Crippen LogP contribution is 2.28. The van der Waals surface area contributed by atoms with E-state index in [4.69, 9.17) is 4.42 Å². The number of aromatic nitrogens is 1. The topological polar surface area (TPSA) is 41.3 Å². The van der Waals surface area contributed by atoms with Gasteiger partial charge >= 0.3 is 0 Å². The monoisotopic (exact) mass is 415 g/mol.